The molecule has 0 amide bonds. The highest BCUT2D eigenvalue weighted by Crippen LogP contribution is 2.34. The van der Waals surface area contributed by atoms with Gasteiger partial charge in [0.2, 0.25) is 0 Å². The van der Waals surface area contributed by atoms with Crippen molar-refractivity contribution in [2.75, 3.05) is 12.8 Å². The molecule has 0 saturated heterocycles. The molecule has 1 heterocycles. The van der Waals surface area contributed by atoms with Gasteiger partial charge in [-0.1, -0.05) is 23.2 Å². The van der Waals surface area contributed by atoms with Crippen LogP contribution in [0.5, 0.6) is 5.75 Å². The third-order valence-electron chi connectivity index (χ3n) is 2.44. The van der Waals surface area contributed by atoms with Crippen molar-refractivity contribution in [3.05, 3.63) is 46.2 Å². The molecule has 0 aliphatic heterocycles. The molecule has 1 aromatic carbocycles. The normalized spacial score (nSPS) is 10.5. The van der Waals surface area contributed by atoms with Crippen molar-refractivity contribution >= 4 is 40.7 Å². The molecule has 0 bridgehead atoms. The van der Waals surface area contributed by atoms with Gasteiger partial charge in [0.1, 0.15) is 10.9 Å². The molecule has 0 aliphatic rings. The molecule has 1 aromatic heterocycles. The number of halogens is 2. The van der Waals surface area contributed by atoms with Crippen LogP contribution in [0, 0.1) is 0 Å². The lowest BCUT2D eigenvalue weighted by Gasteiger charge is -2.09. The maximum atomic E-state index is 6.08. The number of methoxy groups -OCH3 is 1. The Morgan fingerprint density at radius 2 is 2.05 bits per heavy atom. The first-order valence-corrected chi connectivity index (χ1v) is 7.21. The van der Waals surface area contributed by atoms with Crippen molar-refractivity contribution in [2.45, 2.75) is 10.6 Å². The maximum Gasteiger partial charge on any atom is 0.134 e. The van der Waals surface area contributed by atoms with Crippen molar-refractivity contribution in [1.29, 1.82) is 0 Å². The van der Waals surface area contributed by atoms with E-state index < -0.39 is 0 Å². The predicted molar refractivity (Wildman–Crippen MR) is 81.2 cm³/mol. The van der Waals surface area contributed by atoms with Crippen molar-refractivity contribution in [1.82, 2.24) is 4.98 Å². The van der Waals surface area contributed by atoms with Gasteiger partial charge >= 0.3 is 0 Å². The van der Waals surface area contributed by atoms with Crippen molar-refractivity contribution in [2.24, 2.45) is 0 Å². The van der Waals surface area contributed by atoms with Gasteiger partial charge in [-0.15, -0.1) is 11.8 Å². The van der Waals surface area contributed by atoms with Gasteiger partial charge in [-0.2, -0.15) is 0 Å². The zero-order valence-electron chi connectivity index (χ0n) is 10.2. The van der Waals surface area contributed by atoms with Gasteiger partial charge in [0.15, 0.2) is 0 Å². The molecule has 0 atom stereocenters. The highest BCUT2D eigenvalue weighted by Gasteiger charge is 2.08. The predicted octanol–water partition coefficient (Wildman–Crippen LogP) is 4.27. The summed E-state index contributed by atoms with van der Waals surface area (Å²) in [5, 5.41) is 1.04. The van der Waals surface area contributed by atoms with Crippen molar-refractivity contribution in [3.63, 3.8) is 0 Å². The SMILES string of the molecule is COc1cc(N)ccc1SCc1nc(Cl)ccc1Cl. The molecule has 6 heteroatoms. The number of hydrogen-bond acceptors (Lipinski definition) is 4. The first kappa shape index (κ1) is 14.3. The van der Waals surface area contributed by atoms with E-state index in [0.29, 0.717) is 21.6 Å². The van der Waals surface area contributed by atoms with Crippen LogP contribution in [-0.2, 0) is 5.75 Å². The monoisotopic (exact) mass is 314 g/mol. The van der Waals surface area contributed by atoms with Gasteiger partial charge in [-0.3, -0.25) is 0 Å². The quantitative estimate of drug-likeness (QED) is 0.520. The molecular formula is C13H12Cl2N2OS. The molecule has 3 nitrogen and oxygen atoms in total. The lowest BCUT2D eigenvalue weighted by Crippen LogP contribution is -1.92. The minimum atomic E-state index is 0.435. The third kappa shape index (κ3) is 3.69. The summed E-state index contributed by atoms with van der Waals surface area (Å²) in [5.74, 6) is 1.35. The number of hydrogen-bond donors (Lipinski definition) is 1. The number of rotatable bonds is 4. The van der Waals surface area contributed by atoms with E-state index in [0.717, 1.165) is 16.3 Å². The Morgan fingerprint density at radius 3 is 2.79 bits per heavy atom. The van der Waals surface area contributed by atoms with E-state index in [1.54, 1.807) is 37.1 Å². The fraction of sp³-hybridized carbons (Fsp3) is 0.154. The van der Waals surface area contributed by atoms with E-state index in [4.69, 9.17) is 33.7 Å². The Hall–Kier alpha value is -1.10. The Bertz CT molecular complexity index is 593. The largest absolute Gasteiger partial charge is 0.496 e. The Kier molecular flexibility index (Phi) is 4.80. The van der Waals surface area contributed by atoms with Gasteiger partial charge in [0.25, 0.3) is 0 Å². The fourth-order valence-corrected chi connectivity index (χ4v) is 2.89. The van der Waals surface area contributed by atoms with Crippen LogP contribution in [0.3, 0.4) is 0 Å². The van der Waals surface area contributed by atoms with E-state index in [1.165, 1.54) is 0 Å². The topological polar surface area (TPSA) is 48.1 Å². The Morgan fingerprint density at radius 1 is 1.26 bits per heavy atom. The average Bonchev–Trinajstić information content (AvgIpc) is 2.40. The van der Waals surface area contributed by atoms with E-state index >= 15 is 0 Å². The fourth-order valence-electron chi connectivity index (χ4n) is 1.51. The first-order chi connectivity index (χ1) is 9.10. The summed E-state index contributed by atoms with van der Waals surface area (Å²) < 4.78 is 5.29. The number of nitrogen functional groups attached to an aromatic ring is 1. The summed E-state index contributed by atoms with van der Waals surface area (Å²) in [6.45, 7) is 0. The van der Waals surface area contributed by atoms with Crippen LogP contribution in [0.1, 0.15) is 5.69 Å². The lowest BCUT2D eigenvalue weighted by atomic mass is 10.3. The molecule has 0 fully saturated rings. The van der Waals surface area contributed by atoms with Crippen molar-refractivity contribution in [3.8, 4) is 5.75 Å². The summed E-state index contributed by atoms with van der Waals surface area (Å²) in [5.41, 5.74) is 7.13. The zero-order chi connectivity index (χ0) is 13.8. The van der Waals surface area contributed by atoms with Gasteiger partial charge in [-0.25, -0.2) is 4.98 Å². The molecule has 19 heavy (non-hydrogen) atoms. The van der Waals surface area contributed by atoms with Crippen molar-refractivity contribution < 1.29 is 4.74 Å². The number of aromatic nitrogens is 1. The standard InChI is InChI=1S/C13H12Cl2N2OS/c1-18-11-6-8(16)2-4-12(11)19-7-10-9(14)3-5-13(15)17-10/h2-6H,7,16H2,1H3. The second kappa shape index (κ2) is 6.37. The summed E-state index contributed by atoms with van der Waals surface area (Å²) in [6, 6.07) is 8.94. The number of nitrogens with zero attached hydrogens (tertiary/aromatic N) is 1. The van der Waals surface area contributed by atoms with Crippen LogP contribution in [0.4, 0.5) is 5.69 Å². The molecule has 100 valence electrons. The molecule has 2 rings (SSSR count). The maximum absolute atomic E-state index is 6.08. The van der Waals surface area contributed by atoms with Gasteiger partial charge in [0, 0.05) is 22.4 Å². The minimum Gasteiger partial charge on any atom is -0.496 e. The van der Waals surface area contributed by atoms with E-state index in [-0.39, 0.29) is 0 Å². The number of ether oxygens (including phenoxy) is 1. The van der Waals surface area contributed by atoms with Gasteiger partial charge < -0.3 is 10.5 Å². The van der Waals surface area contributed by atoms with Gasteiger partial charge in [0.05, 0.1) is 17.8 Å². The lowest BCUT2D eigenvalue weighted by molar-refractivity contribution is 0.405. The number of thioether (sulfide) groups is 1. The van der Waals surface area contributed by atoms with E-state index in [2.05, 4.69) is 4.98 Å². The van der Waals surface area contributed by atoms with Gasteiger partial charge in [-0.05, 0) is 24.3 Å². The van der Waals surface area contributed by atoms with E-state index in [9.17, 15) is 0 Å². The van der Waals surface area contributed by atoms with Crippen LogP contribution >= 0.6 is 35.0 Å². The zero-order valence-corrected chi connectivity index (χ0v) is 12.5. The second-order valence-electron chi connectivity index (χ2n) is 3.76. The molecule has 0 aliphatic carbocycles. The molecule has 0 spiro atoms. The molecular weight excluding hydrogens is 303 g/mol. The van der Waals surface area contributed by atoms with Crippen LogP contribution < -0.4 is 10.5 Å². The molecule has 0 radical (unpaired) electrons. The molecule has 0 unspecified atom stereocenters. The minimum absolute atomic E-state index is 0.435. The van der Waals surface area contributed by atoms with Crippen LogP contribution in [0.25, 0.3) is 0 Å². The van der Waals surface area contributed by atoms with Crippen LogP contribution in [-0.4, -0.2) is 12.1 Å². The molecule has 2 N–H and O–H groups in total. The number of benzene rings is 1. The van der Waals surface area contributed by atoms with Crippen LogP contribution in [0.2, 0.25) is 10.2 Å². The average molecular weight is 315 g/mol. The Balaban J connectivity index is 2.16. The molecule has 2 aromatic rings. The number of pyridine rings is 1. The summed E-state index contributed by atoms with van der Waals surface area (Å²) in [7, 11) is 1.61. The number of nitrogens with two attached hydrogens (primary N) is 1. The third-order valence-corrected chi connectivity index (χ3v) is 4.06. The summed E-state index contributed by atoms with van der Waals surface area (Å²) in [6.07, 6.45) is 0. The highest BCUT2D eigenvalue weighted by atomic mass is 35.5. The smallest absolute Gasteiger partial charge is 0.134 e. The summed E-state index contributed by atoms with van der Waals surface area (Å²) >= 11 is 13.5. The van der Waals surface area contributed by atoms with Crippen LogP contribution in [0.15, 0.2) is 35.2 Å². The second-order valence-corrected chi connectivity index (χ2v) is 5.57. The number of anilines is 1. The highest BCUT2D eigenvalue weighted by molar-refractivity contribution is 7.98. The molecule has 0 saturated carbocycles. The van der Waals surface area contributed by atoms with E-state index in [1.807, 2.05) is 12.1 Å². The Labute approximate surface area is 126 Å². The summed E-state index contributed by atoms with van der Waals surface area (Å²) in [4.78, 5) is 5.19. The first-order valence-electron chi connectivity index (χ1n) is 5.47.